The van der Waals surface area contributed by atoms with E-state index in [2.05, 4.69) is 25.9 Å². The first-order valence-electron chi connectivity index (χ1n) is 10.9. The van der Waals surface area contributed by atoms with E-state index in [9.17, 15) is 9.59 Å². The molecule has 4 rings (SSSR count). The maximum Gasteiger partial charge on any atom is 0.350 e. The molecular weight excluding hydrogens is 388 g/mol. The second kappa shape index (κ2) is 8.17. The third kappa shape index (κ3) is 4.20. The van der Waals surface area contributed by atoms with Crippen LogP contribution >= 0.6 is 0 Å². The van der Waals surface area contributed by atoms with Gasteiger partial charge in [0, 0.05) is 31.6 Å². The van der Waals surface area contributed by atoms with Crippen molar-refractivity contribution in [1.29, 1.82) is 0 Å². The summed E-state index contributed by atoms with van der Waals surface area (Å²) in [5.41, 5.74) is 2.60. The first-order valence-corrected chi connectivity index (χ1v) is 10.9. The number of rotatable bonds is 3. The van der Waals surface area contributed by atoms with Crippen LogP contribution in [0, 0.1) is 0 Å². The Morgan fingerprint density at radius 1 is 1.03 bits per heavy atom. The van der Waals surface area contributed by atoms with Crippen molar-refractivity contribution in [2.75, 3.05) is 13.1 Å². The number of hydrogen-bond acceptors (Lipinski definition) is 3. The predicted octanol–water partition coefficient (Wildman–Crippen LogP) is 3.89. The van der Waals surface area contributed by atoms with E-state index in [4.69, 9.17) is 0 Å². The molecule has 1 atom stereocenters. The van der Waals surface area contributed by atoms with E-state index < -0.39 is 0 Å². The van der Waals surface area contributed by atoms with Crippen LogP contribution in [0.25, 0.3) is 5.69 Å². The van der Waals surface area contributed by atoms with E-state index in [0.29, 0.717) is 12.1 Å². The number of piperidine rings is 1. The summed E-state index contributed by atoms with van der Waals surface area (Å²) in [6.07, 6.45) is 1.78. The van der Waals surface area contributed by atoms with Gasteiger partial charge in [0.2, 0.25) is 0 Å². The molecule has 0 radical (unpaired) electrons. The zero-order valence-electron chi connectivity index (χ0n) is 18.7. The van der Waals surface area contributed by atoms with Gasteiger partial charge < -0.3 is 4.90 Å². The molecule has 1 amide bonds. The molecule has 1 saturated heterocycles. The third-order valence-electron chi connectivity index (χ3n) is 6.04. The minimum atomic E-state index is -0.164. The van der Waals surface area contributed by atoms with E-state index in [0.717, 1.165) is 30.9 Å². The molecule has 1 aromatic heterocycles. The van der Waals surface area contributed by atoms with Gasteiger partial charge in [0.25, 0.3) is 5.91 Å². The number of likely N-dealkylation sites (tertiary alicyclic amines) is 1. The SMILES string of the molecule is Cn1nc(C2CCCN(C(=O)c3ccc(C(C)(C)C)cc3)C2)n(-c2ccccc2)c1=O. The van der Waals surface area contributed by atoms with Gasteiger partial charge in [-0.15, -0.1) is 0 Å². The van der Waals surface area contributed by atoms with E-state index in [1.54, 1.807) is 11.6 Å². The summed E-state index contributed by atoms with van der Waals surface area (Å²) >= 11 is 0. The average molecular weight is 419 g/mol. The molecule has 2 aromatic carbocycles. The molecule has 1 aliphatic heterocycles. The summed E-state index contributed by atoms with van der Waals surface area (Å²) in [6.45, 7) is 7.77. The number of hydrogen-bond donors (Lipinski definition) is 0. The number of carbonyl (C=O) groups excluding carboxylic acids is 1. The third-order valence-corrected chi connectivity index (χ3v) is 6.04. The van der Waals surface area contributed by atoms with Crippen molar-refractivity contribution in [1.82, 2.24) is 19.2 Å². The molecule has 0 saturated carbocycles. The number of amides is 1. The summed E-state index contributed by atoms with van der Waals surface area (Å²) in [4.78, 5) is 27.9. The number of benzene rings is 2. The Morgan fingerprint density at radius 3 is 2.35 bits per heavy atom. The van der Waals surface area contributed by atoms with E-state index in [-0.39, 0.29) is 22.9 Å². The van der Waals surface area contributed by atoms with Crippen LogP contribution in [0.5, 0.6) is 0 Å². The van der Waals surface area contributed by atoms with E-state index in [1.165, 1.54) is 10.2 Å². The largest absolute Gasteiger partial charge is 0.350 e. The molecule has 6 heteroatoms. The Kier molecular flexibility index (Phi) is 5.56. The van der Waals surface area contributed by atoms with Gasteiger partial charge in [-0.1, -0.05) is 51.1 Å². The topological polar surface area (TPSA) is 60.1 Å². The highest BCUT2D eigenvalue weighted by molar-refractivity contribution is 5.94. The lowest BCUT2D eigenvalue weighted by Gasteiger charge is -2.32. The van der Waals surface area contributed by atoms with Crippen molar-refractivity contribution in [3.05, 3.63) is 82.0 Å². The molecule has 6 nitrogen and oxygen atoms in total. The molecule has 0 aliphatic carbocycles. The fourth-order valence-electron chi connectivity index (χ4n) is 4.24. The van der Waals surface area contributed by atoms with Crippen molar-refractivity contribution in [3.8, 4) is 5.69 Å². The molecule has 1 unspecified atom stereocenters. The maximum absolute atomic E-state index is 13.2. The van der Waals surface area contributed by atoms with Crippen LogP contribution in [-0.2, 0) is 12.5 Å². The van der Waals surface area contributed by atoms with Gasteiger partial charge in [0.1, 0.15) is 5.82 Å². The molecule has 0 N–H and O–H groups in total. The van der Waals surface area contributed by atoms with Gasteiger partial charge in [0.15, 0.2) is 0 Å². The Hall–Kier alpha value is -3.15. The first kappa shape index (κ1) is 21.1. The summed E-state index contributed by atoms with van der Waals surface area (Å²) in [5.74, 6) is 0.773. The normalized spacial score (nSPS) is 17.0. The van der Waals surface area contributed by atoms with E-state index >= 15 is 0 Å². The first-order chi connectivity index (χ1) is 14.8. The van der Waals surface area contributed by atoms with Crippen LogP contribution < -0.4 is 5.69 Å². The molecular formula is C25H30N4O2. The van der Waals surface area contributed by atoms with Crippen molar-refractivity contribution in [2.45, 2.75) is 44.9 Å². The fourth-order valence-corrected chi connectivity index (χ4v) is 4.24. The highest BCUT2D eigenvalue weighted by Gasteiger charge is 2.30. The minimum Gasteiger partial charge on any atom is -0.338 e. The van der Waals surface area contributed by atoms with Crippen molar-refractivity contribution in [2.24, 2.45) is 7.05 Å². The highest BCUT2D eigenvalue weighted by Crippen LogP contribution is 2.28. The number of nitrogens with zero attached hydrogens (tertiary/aromatic N) is 4. The number of para-hydroxylation sites is 1. The highest BCUT2D eigenvalue weighted by atomic mass is 16.2. The molecule has 0 spiro atoms. The van der Waals surface area contributed by atoms with Crippen LogP contribution in [0.4, 0.5) is 0 Å². The van der Waals surface area contributed by atoms with E-state index in [1.807, 2.05) is 59.5 Å². The zero-order valence-corrected chi connectivity index (χ0v) is 18.7. The van der Waals surface area contributed by atoms with Crippen molar-refractivity contribution >= 4 is 5.91 Å². The van der Waals surface area contributed by atoms with Crippen LogP contribution in [0.2, 0.25) is 0 Å². The maximum atomic E-state index is 13.2. The van der Waals surface area contributed by atoms with Gasteiger partial charge in [-0.3, -0.25) is 4.79 Å². The van der Waals surface area contributed by atoms with Gasteiger partial charge in [-0.05, 0) is 48.1 Å². The van der Waals surface area contributed by atoms with Gasteiger partial charge in [0.05, 0.1) is 5.69 Å². The van der Waals surface area contributed by atoms with Gasteiger partial charge in [-0.25, -0.2) is 14.0 Å². The fraction of sp³-hybridized carbons (Fsp3) is 0.400. The zero-order chi connectivity index (χ0) is 22.2. The van der Waals surface area contributed by atoms with Crippen LogP contribution in [-0.4, -0.2) is 38.2 Å². The Labute approximate surface area is 183 Å². The van der Waals surface area contributed by atoms with Gasteiger partial charge in [-0.2, -0.15) is 5.10 Å². The predicted molar refractivity (Wildman–Crippen MR) is 122 cm³/mol. The molecule has 31 heavy (non-hydrogen) atoms. The lowest BCUT2D eigenvalue weighted by Crippen LogP contribution is -2.40. The quantitative estimate of drug-likeness (QED) is 0.648. The van der Waals surface area contributed by atoms with Crippen LogP contribution in [0.1, 0.15) is 61.3 Å². The standard InChI is InChI=1S/C25H30N4O2/c1-25(2,3)20-14-12-18(13-15-20)23(30)28-16-8-9-19(17-28)22-26-27(4)24(31)29(22)21-10-6-5-7-11-21/h5-7,10-15,19H,8-9,16-17H2,1-4H3. The molecule has 3 aromatic rings. The summed E-state index contributed by atoms with van der Waals surface area (Å²) in [5, 5.41) is 4.54. The lowest BCUT2D eigenvalue weighted by molar-refractivity contribution is 0.0703. The van der Waals surface area contributed by atoms with Crippen molar-refractivity contribution in [3.63, 3.8) is 0 Å². The minimum absolute atomic E-state index is 0.0145. The summed E-state index contributed by atoms with van der Waals surface area (Å²) in [6, 6.07) is 17.5. The van der Waals surface area contributed by atoms with Crippen molar-refractivity contribution < 1.29 is 4.79 Å². The Balaban J connectivity index is 1.59. The molecule has 2 heterocycles. The molecule has 1 aliphatic rings. The smallest absolute Gasteiger partial charge is 0.338 e. The number of carbonyl (C=O) groups is 1. The average Bonchev–Trinajstić information content (AvgIpc) is 3.08. The molecule has 0 bridgehead atoms. The van der Waals surface area contributed by atoms with Gasteiger partial charge >= 0.3 is 5.69 Å². The Morgan fingerprint density at radius 2 is 1.71 bits per heavy atom. The second-order valence-electron chi connectivity index (χ2n) is 9.35. The number of aryl methyl sites for hydroxylation is 1. The lowest BCUT2D eigenvalue weighted by atomic mass is 9.86. The Bertz CT molecular complexity index is 1120. The van der Waals surface area contributed by atoms with Crippen LogP contribution in [0.3, 0.4) is 0 Å². The number of aromatic nitrogens is 3. The molecule has 162 valence electrons. The summed E-state index contributed by atoms with van der Waals surface area (Å²) in [7, 11) is 1.67. The summed E-state index contributed by atoms with van der Waals surface area (Å²) < 4.78 is 3.06. The van der Waals surface area contributed by atoms with Crippen LogP contribution in [0.15, 0.2) is 59.4 Å². The molecule has 1 fully saturated rings. The second-order valence-corrected chi connectivity index (χ2v) is 9.35. The monoisotopic (exact) mass is 418 g/mol.